The number of hydrogen-bond donors (Lipinski definition) is 2. The van der Waals surface area contributed by atoms with Gasteiger partial charge in [0.2, 0.25) is 10.0 Å². The number of hydrogen-bond acceptors (Lipinski definition) is 3. The first-order valence-electron chi connectivity index (χ1n) is 6.54. The van der Waals surface area contributed by atoms with Crippen molar-refractivity contribution in [2.24, 2.45) is 0 Å². The van der Waals surface area contributed by atoms with Crippen LogP contribution in [-0.4, -0.2) is 25.9 Å². The maximum absolute atomic E-state index is 14.0. The summed E-state index contributed by atoms with van der Waals surface area (Å²) in [6, 6.07) is 10.2. The van der Waals surface area contributed by atoms with Gasteiger partial charge in [0.05, 0.1) is 11.5 Å². The van der Waals surface area contributed by atoms with Crippen LogP contribution < -0.4 is 4.72 Å². The quantitative estimate of drug-likeness (QED) is 0.792. The minimum Gasteiger partial charge on any atom is -0.392 e. The smallest absolute Gasteiger partial charge is 0.240 e. The third kappa shape index (κ3) is 3.64. The molecule has 0 fully saturated rings. The molecule has 0 aliphatic carbocycles. The molecule has 2 N–H and O–H groups in total. The molecule has 118 valence electrons. The van der Waals surface area contributed by atoms with Gasteiger partial charge < -0.3 is 5.11 Å². The third-order valence-electron chi connectivity index (χ3n) is 3.11. The van der Waals surface area contributed by atoms with Crippen LogP contribution in [-0.2, 0) is 16.6 Å². The first kappa shape index (κ1) is 16.9. The largest absolute Gasteiger partial charge is 0.392 e. The number of halogens is 2. The number of sulfonamides is 1. The summed E-state index contributed by atoms with van der Waals surface area (Å²) in [5, 5.41) is 9.30. The molecular weight excluding hydrogens is 329 g/mol. The number of benzene rings is 2. The fourth-order valence-corrected chi connectivity index (χ4v) is 3.32. The zero-order valence-corrected chi connectivity index (χ0v) is 13.2. The van der Waals surface area contributed by atoms with Crippen LogP contribution in [0.1, 0.15) is 5.56 Å². The van der Waals surface area contributed by atoms with E-state index in [2.05, 4.69) is 4.72 Å². The first-order chi connectivity index (χ1) is 10.5. The lowest BCUT2D eigenvalue weighted by atomic mass is 9.99. The molecule has 0 saturated heterocycles. The zero-order valence-electron chi connectivity index (χ0n) is 11.6. The van der Waals surface area contributed by atoms with Gasteiger partial charge in [0.1, 0.15) is 5.82 Å². The van der Waals surface area contributed by atoms with Crippen molar-refractivity contribution < 1.29 is 17.9 Å². The Bertz CT molecular complexity index is 748. The van der Waals surface area contributed by atoms with E-state index < -0.39 is 15.8 Å². The average Bonchev–Trinajstić information content (AvgIpc) is 2.53. The molecule has 0 atom stereocenters. The molecular formula is C15H15ClFNO3S. The molecule has 0 bridgehead atoms. The van der Waals surface area contributed by atoms with Gasteiger partial charge in [0.25, 0.3) is 0 Å². The Morgan fingerprint density at radius 3 is 2.41 bits per heavy atom. The predicted octanol–water partition coefficient (Wildman–Crippen LogP) is 2.50. The summed E-state index contributed by atoms with van der Waals surface area (Å²) < 4.78 is 40.2. The molecule has 0 saturated carbocycles. The van der Waals surface area contributed by atoms with E-state index in [1.165, 1.54) is 36.4 Å². The molecule has 0 radical (unpaired) electrons. The summed E-state index contributed by atoms with van der Waals surface area (Å²) >= 11 is 5.46. The van der Waals surface area contributed by atoms with E-state index in [0.29, 0.717) is 11.1 Å². The van der Waals surface area contributed by atoms with E-state index in [4.69, 9.17) is 11.6 Å². The summed E-state index contributed by atoms with van der Waals surface area (Å²) in [5.41, 5.74) is 1.21. The molecule has 7 heteroatoms. The van der Waals surface area contributed by atoms with Crippen LogP contribution in [0.3, 0.4) is 0 Å². The normalized spacial score (nSPS) is 11.6. The van der Waals surface area contributed by atoms with Crippen molar-refractivity contribution in [2.75, 3.05) is 12.4 Å². The average molecular weight is 344 g/mol. The van der Waals surface area contributed by atoms with E-state index in [0.717, 1.165) is 0 Å². The van der Waals surface area contributed by atoms with Gasteiger partial charge in [0.15, 0.2) is 0 Å². The second-order valence-electron chi connectivity index (χ2n) is 4.54. The Labute approximate surface area is 133 Å². The maximum atomic E-state index is 14.0. The van der Waals surface area contributed by atoms with Crippen molar-refractivity contribution in [1.82, 2.24) is 4.72 Å². The minimum absolute atomic E-state index is 0.0725. The van der Waals surface area contributed by atoms with Gasteiger partial charge in [0, 0.05) is 18.0 Å². The fraction of sp³-hybridized carbons (Fsp3) is 0.200. The predicted molar refractivity (Wildman–Crippen MR) is 83.7 cm³/mol. The lowest BCUT2D eigenvalue weighted by molar-refractivity contribution is 0.282. The molecule has 0 amide bonds. The van der Waals surface area contributed by atoms with Crippen LogP contribution >= 0.6 is 11.6 Å². The lowest BCUT2D eigenvalue weighted by Crippen LogP contribution is -2.25. The van der Waals surface area contributed by atoms with Gasteiger partial charge >= 0.3 is 0 Å². The summed E-state index contributed by atoms with van der Waals surface area (Å²) in [6.45, 7) is -0.169. The van der Waals surface area contributed by atoms with Gasteiger partial charge in [-0.15, -0.1) is 11.6 Å². The molecule has 2 rings (SSSR count). The molecule has 4 nitrogen and oxygen atoms in total. The molecule has 0 aliphatic heterocycles. The summed E-state index contributed by atoms with van der Waals surface area (Å²) in [6.07, 6.45) is 0. The molecule has 0 unspecified atom stereocenters. The minimum atomic E-state index is -3.62. The van der Waals surface area contributed by atoms with Crippen molar-refractivity contribution in [3.8, 4) is 11.1 Å². The highest BCUT2D eigenvalue weighted by Crippen LogP contribution is 2.28. The molecule has 0 heterocycles. The van der Waals surface area contributed by atoms with Crippen LogP contribution in [0.25, 0.3) is 11.1 Å². The number of nitrogens with one attached hydrogen (secondary N) is 1. The van der Waals surface area contributed by atoms with E-state index >= 15 is 0 Å². The maximum Gasteiger partial charge on any atom is 0.240 e. The number of rotatable bonds is 6. The molecule has 0 aromatic heterocycles. The Hall–Kier alpha value is -1.47. The van der Waals surface area contributed by atoms with Crippen molar-refractivity contribution >= 4 is 21.6 Å². The van der Waals surface area contributed by atoms with Gasteiger partial charge in [-0.3, -0.25) is 0 Å². The standard InChI is InChI=1S/C15H15ClFNO3S/c16-8-9-18-22(20,21)13-6-4-11(5-7-13)15-12(10-19)2-1-3-14(15)17/h1-7,18-19H,8-10H2. The molecule has 22 heavy (non-hydrogen) atoms. The fourth-order valence-electron chi connectivity index (χ4n) is 2.08. The Morgan fingerprint density at radius 2 is 1.82 bits per heavy atom. The van der Waals surface area contributed by atoms with Crippen LogP contribution in [0.2, 0.25) is 0 Å². The number of aliphatic hydroxyl groups excluding tert-OH is 1. The number of alkyl halides is 1. The highest BCUT2D eigenvalue weighted by Gasteiger charge is 2.15. The Morgan fingerprint density at radius 1 is 1.14 bits per heavy atom. The highest BCUT2D eigenvalue weighted by atomic mass is 35.5. The topological polar surface area (TPSA) is 66.4 Å². The van der Waals surface area contributed by atoms with Crippen molar-refractivity contribution in [2.45, 2.75) is 11.5 Å². The van der Waals surface area contributed by atoms with Crippen LogP contribution in [0, 0.1) is 5.82 Å². The second-order valence-corrected chi connectivity index (χ2v) is 6.69. The highest BCUT2D eigenvalue weighted by molar-refractivity contribution is 7.89. The first-order valence-corrected chi connectivity index (χ1v) is 8.55. The summed E-state index contributed by atoms with van der Waals surface area (Å²) in [4.78, 5) is 0.0725. The van der Waals surface area contributed by atoms with Crippen LogP contribution in [0.5, 0.6) is 0 Å². The lowest BCUT2D eigenvalue weighted by Gasteiger charge is -2.10. The van der Waals surface area contributed by atoms with Gasteiger partial charge in [-0.2, -0.15) is 0 Å². The van der Waals surface area contributed by atoms with E-state index in [9.17, 15) is 17.9 Å². The Balaban J connectivity index is 2.38. The Kier molecular flexibility index (Phi) is 5.52. The summed E-state index contributed by atoms with van der Waals surface area (Å²) in [5.74, 6) is -0.297. The van der Waals surface area contributed by atoms with Crippen molar-refractivity contribution in [3.05, 3.63) is 53.8 Å². The number of aliphatic hydroxyl groups is 1. The zero-order chi connectivity index (χ0) is 16.2. The summed E-state index contributed by atoms with van der Waals surface area (Å²) in [7, 11) is -3.62. The molecule has 0 aliphatic rings. The molecule has 2 aromatic rings. The van der Waals surface area contributed by atoms with Crippen LogP contribution in [0.15, 0.2) is 47.4 Å². The van der Waals surface area contributed by atoms with Crippen LogP contribution in [0.4, 0.5) is 4.39 Å². The van der Waals surface area contributed by atoms with E-state index in [1.54, 1.807) is 6.07 Å². The SMILES string of the molecule is O=S(=O)(NCCCl)c1ccc(-c2c(F)cccc2CO)cc1. The molecule has 2 aromatic carbocycles. The molecule has 0 spiro atoms. The van der Waals surface area contributed by atoms with Gasteiger partial charge in [-0.05, 0) is 29.3 Å². The van der Waals surface area contributed by atoms with Crippen molar-refractivity contribution in [3.63, 3.8) is 0 Å². The third-order valence-corrected chi connectivity index (χ3v) is 4.78. The van der Waals surface area contributed by atoms with E-state index in [-0.39, 0.29) is 29.5 Å². The second kappa shape index (κ2) is 7.19. The van der Waals surface area contributed by atoms with Crippen molar-refractivity contribution in [1.29, 1.82) is 0 Å². The monoisotopic (exact) mass is 343 g/mol. The van der Waals surface area contributed by atoms with Gasteiger partial charge in [-0.1, -0.05) is 24.3 Å². The van der Waals surface area contributed by atoms with E-state index in [1.807, 2.05) is 0 Å². The van der Waals surface area contributed by atoms with Gasteiger partial charge in [-0.25, -0.2) is 17.5 Å².